The molecule has 0 atom stereocenters. The minimum Gasteiger partial charge on any atom is -0.314 e. The quantitative estimate of drug-likeness (QED) is 0.227. The van der Waals surface area contributed by atoms with Crippen molar-refractivity contribution in [3.63, 3.8) is 0 Å². The average molecular weight is 512 g/mol. The Morgan fingerprint density at radius 3 is 1.35 bits per heavy atom. The minimum atomic E-state index is 0.996. The van der Waals surface area contributed by atoms with E-state index in [9.17, 15) is 0 Å². The highest BCUT2D eigenvalue weighted by atomic mass is 15.0. The maximum Gasteiger partial charge on any atom is 0.0787 e. The van der Waals surface area contributed by atoms with Gasteiger partial charge in [0.05, 0.1) is 16.6 Å². The van der Waals surface area contributed by atoms with E-state index < -0.39 is 0 Å². The summed E-state index contributed by atoms with van der Waals surface area (Å²) in [5, 5.41) is 8.30. The largest absolute Gasteiger partial charge is 0.314 e. The molecule has 40 heavy (non-hydrogen) atoms. The van der Waals surface area contributed by atoms with E-state index in [1.54, 1.807) is 0 Å². The van der Waals surface area contributed by atoms with Gasteiger partial charge in [0.1, 0.15) is 0 Å². The first-order valence-corrected chi connectivity index (χ1v) is 13.6. The molecule has 0 radical (unpaired) electrons. The summed E-state index contributed by atoms with van der Waals surface area (Å²) < 4.78 is 4.56. The van der Waals surface area contributed by atoms with Crippen LogP contribution in [0.25, 0.3) is 65.6 Å². The van der Waals surface area contributed by atoms with E-state index in [-0.39, 0.29) is 0 Å². The second kappa shape index (κ2) is 9.11. The van der Waals surface area contributed by atoms with Crippen molar-refractivity contribution in [2.45, 2.75) is 0 Å². The SMILES string of the molecule is c1ccc(-n2ccn(-c3ccccc3)c3cc4c(cc32)c2ccccc2c2ccccc2c2cccnc24)cc1. The Bertz CT molecular complexity index is 2090. The second-order valence-corrected chi connectivity index (χ2v) is 10.1. The molecule has 0 bridgehead atoms. The van der Waals surface area contributed by atoms with Crippen LogP contribution in [0.2, 0.25) is 0 Å². The second-order valence-electron chi connectivity index (χ2n) is 10.1. The van der Waals surface area contributed by atoms with Gasteiger partial charge >= 0.3 is 0 Å². The highest BCUT2D eigenvalue weighted by molar-refractivity contribution is 6.26. The Kier molecular flexibility index (Phi) is 5.14. The first-order chi connectivity index (χ1) is 19.9. The lowest BCUT2D eigenvalue weighted by Crippen LogP contribution is -2.04. The van der Waals surface area contributed by atoms with E-state index in [0.717, 1.165) is 38.7 Å². The molecule has 0 aliphatic carbocycles. The Labute approximate surface area is 231 Å². The number of pyridine rings is 1. The molecule has 3 nitrogen and oxygen atoms in total. The highest BCUT2D eigenvalue weighted by Crippen LogP contribution is 2.37. The molecule has 8 aromatic rings. The summed E-state index contributed by atoms with van der Waals surface area (Å²) in [5.74, 6) is 0. The monoisotopic (exact) mass is 511 g/mol. The third kappa shape index (κ3) is 3.49. The predicted octanol–water partition coefficient (Wildman–Crippen LogP) is 9.55. The molecule has 0 fully saturated rings. The van der Waals surface area contributed by atoms with Crippen molar-refractivity contribution in [3.8, 4) is 11.4 Å². The van der Waals surface area contributed by atoms with Crippen molar-refractivity contribution >= 4 is 54.3 Å². The molecular weight excluding hydrogens is 486 g/mol. The number of nitrogens with zero attached hydrogens (tertiary/aromatic N) is 3. The zero-order valence-electron chi connectivity index (χ0n) is 21.8. The van der Waals surface area contributed by atoms with Gasteiger partial charge in [0.15, 0.2) is 0 Å². The van der Waals surface area contributed by atoms with Crippen LogP contribution in [0, 0.1) is 0 Å². The summed E-state index contributed by atoms with van der Waals surface area (Å²) >= 11 is 0. The zero-order chi connectivity index (χ0) is 26.5. The molecule has 0 saturated heterocycles. The molecular formula is C37H25N3. The van der Waals surface area contributed by atoms with Crippen LogP contribution in [0.5, 0.6) is 0 Å². The van der Waals surface area contributed by atoms with E-state index in [2.05, 4.69) is 149 Å². The van der Waals surface area contributed by atoms with Gasteiger partial charge in [0.25, 0.3) is 0 Å². The zero-order valence-corrected chi connectivity index (χ0v) is 21.8. The third-order valence-electron chi connectivity index (χ3n) is 7.85. The summed E-state index contributed by atoms with van der Waals surface area (Å²) in [6, 6.07) is 47.4. The van der Waals surface area contributed by atoms with Gasteiger partial charge in [-0.3, -0.25) is 4.98 Å². The molecule has 3 heteroatoms. The number of hydrogen-bond donors (Lipinski definition) is 0. The van der Waals surface area contributed by atoms with E-state index in [1.807, 2.05) is 12.3 Å². The summed E-state index contributed by atoms with van der Waals surface area (Å²) in [6.07, 6.45) is 6.22. The summed E-state index contributed by atoms with van der Waals surface area (Å²) in [5.41, 5.74) is 5.47. The summed E-state index contributed by atoms with van der Waals surface area (Å²) in [7, 11) is 0. The third-order valence-corrected chi connectivity index (χ3v) is 7.85. The van der Waals surface area contributed by atoms with E-state index in [0.29, 0.717) is 0 Å². The molecule has 2 heterocycles. The smallest absolute Gasteiger partial charge is 0.0787 e. The Hall–Kier alpha value is -5.41. The molecule has 0 aliphatic rings. The van der Waals surface area contributed by atoms with Gasteiger partial charge in [-0.2, -0.15) is 0 Å². The molecule has 0 unspecified atom stereocenters. The van der Waals surface area contributed by atoms with Gasteiger partial charge in [-0.05, 0) is 69.4 Å². The van der Waals surface area contributed by atoms with Gasteiger partial charge in [-0.25, -0.2) is 0 Å². The van der Waals surface area contributed by atoms with Crippen molar-refractivity contribution < 1.29 is 0 Å². The van der Waals surface area contributed by atoms with Crippen molar-refractivity contribution in [1.29, 1.82) is 0 Å². The Morgan fingerprint density at radius 1 is 0.375 bits per heavy atom. The van der Waals surface area contributed by atoms with Crippen molar-refractivity contribution in [2.75, 3.05) is 0 Å². The van der Waals surface area contributed by atoms with Crippen LogP contribution < -0.4 is 0 Å². The van der Waals surface area contributed by atoms with E-state index >= 15 is 0 Å². The van der Waals surface area contributed by atoms with Crippen LogP contribution in [0.15, 0.2) is 152 Å². The lowest BCUT2D eigenvalue weighted by atomic mass is 9.96. The fourth-order valence-electron chi connectivity index (χ4n) is 6.05. The molecule has 0 N–H and O–H groups in total. The van der Waals surface area contributed by atoms with Crippen LogP contribution in [-0.4, -0.2) is 14.1 Å². The fourth-order valence-corrected chi connectivity index (χ4v) is 6.05. The van der Waals surface area contributed by atoms with Crippen LogP contribution in [0.1, 0.15) is 0 Å². The maximum absolute atomic E-state index is 5.01. The Balaban J connectivity index is 1.67. The number of aromatic nitrogens is 3. The topological polar surface area (TPSA) is 22.8 Å². The highest BCUT2D eigenvalue weighted by Gasteiger charge is 2.13. The van der Waals surface area contributed by atoms with Crippen LogP contribution in [0.4, 0.5) is 0 Å². The first-order valence-electron chi connectivity index (χ1n) is 13.6. The molecule has 0 spiro atoms. The van der Waals surface area contributed by atoms with Crippen molar-refractivity contribution in [1.82, 2.24) is 14.1 Å². The molecule has 0 saturated carbocycles. The fraction of sp³-hybridized carbons (Fsp3) is 0. The lowest BCUT2D eigenvalue weighted by Gasteiger charge is -2.19. The van der Waals surface area contributed by atoms with Gasteiger partial charge in [-0.15, -0.1) is 0 Å². The molecule has 188 valence electrons. The van der Waals surface area contributed by atoms with Crippen LogP contribution in [0.3, 0.4) is 0 Å². The molecule has 0 amide bonds. The molecule has 2 aromatic heterocycles. The van der Waals surface area contributed by atoms with Crippen LogP contribution in [-0.2, 0) is 0 Å². The number of rotatable bonds is 2. The lowest BCUT2D eigenvalue weighted by molar-refractivity contribution is 1.01. The molecule has 8 rings (SSSR count). The van der Waals surface area contributed by atoms with Gasteiger partial charge in [0, 0.05) is 40.7 Å². The maximum atomic E-state index is 5.01. The Morgan fingerprint density at radius 2 is 0.800 bits per heavy atom. The van der Waals surface area contributed by atoms with E-state index in [4.69, 9.17) is 4.98 Å². The normalized spacial score (nSPS) is 11.5. The van der Waals surface area contributed by atoms with Crippen molar-refractivity contribution in [2.24, 2.45) is 0 Å². The molecule has 6 aromatic carbocycles. The number of benzene rings is 5. The van der Waals surface area contributed by atoms with Crippen LogP contribution >= 0.6 is 0 Å². The molecule has 0 aliphatic heterocycles. The summed E-state index contributed by atoms with van der Waals surface area (Å²) in [6.45, 7) is 0. The first kappa shape index (κ1) is 22.6. The van der Waals surface area contributed by atoms with Crippen molar-refractivity contribution in [3.05, 3.63) is 152 Å². The number of fused-ring (bicyclic) bond motifs is 9. The minimum absolute atomic E-state index is 0.996. The number of para-hydroxylation sites is 2. The van der Waals surface area contributed by atoms with Gasteiger partial charge in [0.2, 0.25) is 0 Å². The van der Waals surface area contributed by atoms with E-state index in [1.165, 1.54) is 26.9 Å². The average Bonchev–Trinajstić information content (AvgIpc) is 3.04. The summed E-state index contributed by atoms with van der Waals surface area (Å²) in [4.78, 5) is 5.01. The van der Waals surface area contributed by atoms with Gasteiger partial charge in [-0.1, -0.05) is 91.0 Å². The van der Waals surface area contributed by atoms with Gasteiger partial charge < -0.3 is 9.13 Å². The predicted molar refractivity (Wildman–Crippen MR) is 168 cm³/mol. The number of hydrogen-bond acceptors (Lipinski definition) is 1. The standard InChI is InChI=1S/C37H25N3/c1-3-12-26(13-4-1)39-22-23-40(27-14-5-2-6-15-27)36-25-34-33(24-35(36)39)31-19-10-8-17-29(31)28-16-7-9-18-30(28)32-20-11-21-38-37(32)34/h1-25H.